The second kappa shape index (κ2) is 3.72. The Kier molecular flexibility index (Phi) is 2.55. The van der Waals surface area contributed by atoms with Crippen LogP contribution < -0.4 is 0 Å². The van der Waals surface area contributed by atoms with E-state index in [1.165, 1.54) is 6.26 Å². The molecule has 0 fully saturated rings. The second-order valence-corrected chi connectivity index (χ2v) is 1.73. The van der Waals surface area contributed by atoms with Crippen molar-refractivity contribution in [3.8, 4) is 0 Å². The first-order valence-electron chi connectivity index (χ1n) is 2.85. The molecule has 1 rings (SSSR count). The summed E-state index contributed by atoms with van der Waals surface area (Å²) in [5.74, 6) is 0. The van der Waals surface area contributed by atoms with Crippen molar-refractivity contribution < 1.29 is 4.65 Å². The molecule has 0 bridgehead atoms. The molecule has 0 saturated carbocycles. The van der Waals surface area contributed by atoms with E-state index < -0.39 is 0 Å². The van der Waals surface area contributed by atoms with Crippen molar-refractivity contribution in [1.82, 2.24) is 4.98 Å². The van der Waals surface area contributed by atoms with E-state index in [1.807, 2.05) is 12.1 Å². The van der Waals surface area contributed by atoms with Gasteiger partial charge in [-0.25, -0.2) is 0 Å². The molecule has 48 valence electrons. The van der Waals surface area contributed by atoms with E-state index in [4.69, 9.17) is 8.05 Å². The fourth-order valence-corrected chi connectivity index (χ4v) is 0.592. The Bertz CT molecular complexity index is 210. The average Bonchev–Trinajstić information content (AvgIpc) is 2.03. The number of pyridine rings is 1. The molecule has 0 amide bonds. The monoisotopic (exact) mass is 131 g/mol. The number of aromatic nitrogens is 1. The van der Waals surface area contributed by atoms with Crippen molar-refractivity contribution >= 4 is 14.1 Å². The lowest BCUT2D eigenvalue weighted by Gasteiger charge is -1.89. The van der Waals surface area contributed by atoms with Crippen LogP contribution in [0.15, 0.2) is 30.8 Å². The zero-order valence-electron chi connectivity index (χ0n) is 5.40. The van der Waals surface area contributed by atoms with Crippen LogP contribution in [0.2, 0.25) is 0 Å². The van der Waals surface area contributed by atoms with Crippen LogP contribution in [0.4, 0.5) is 0 Å². The summed E-state index contributed by atoms with van der Waals surface area (Å²) >= 11 is 0. The molecule has 2 nitrogen and oxygen atoms in total. The SMILES string of the molecule is [B]OC=Cc1cccnc1. The van der Waals surface area contributed by atoms with E-state index in [9.17, 15) is 0 Å². The van der Waals surface area contributed by atoms with Gasteiger partial charge in [0.15, 0.2) is 0 Å². The normalized spacial score (nSPS) is 10.0. The van der Waals surface area contributed by atoms with Gasteiger partial charge in [0, 0.05) is 12.4 Å². The van der Waals surface area contributed by atoms with Crippen LogP contribution in [-0.4, -0.2) is 13.0 Å². The fourth-order valence-electron chi connectivity index (χ4n) is 0.592. The zero-order chi connectivity index (χ0) is 7.23. The molecule has 10 heavy (non-hydrogen) atoms. The third kappa shape index (κ3) is 1.93. The highest BCUT2D eigenvalue weighted by Crippen LogP contribution is 1.97. The molecule has 0 unspecified atom stereocenters. The Morgan fingerprint density at radius 1 is 1.60 bits per heavy atom. The van der Waals surface area contributed by atoms with Gasteiger partial charge in [-0.15, -0.1) is 0 Å². The van der Waals surface area contributed by atoms with Crippen molar-refractivity contribution in [3.63, 3.8) is 0 Å². The van der Waals surface area contributed by atoms with E-state index >= 15 is 0 Å². The summed E-state index contributed by atoms with van der Waals surface area (Å²) in [4.78, 5) is 3.89. The Balaban J connectivity index is 2.67. The lowest BCUT2D eigenvalue weighted by Crippen LogP contribution is -1.74. The van der Waals surface area contributed by atoms with Crippen LogP contribution >= 0.6 is 0 Å². The molecule has 0 aliphatic heterocycles. The predicted octanol–water partition coefficient (Wildman–Crippen LogP) is 1.15. The van der Waals surface area contributed by atoms with E-state index in [0.29, 0.717) is 0 Å². The van der Waals surface area contributed by atoms with Crippen LogP contribution in [-0.2, 0) is 4.65 Å². The van der Waals surface area contributed by atoms with Crippen molar-refractivity contribution in [2.75, 3.05) is 0 Å². The van der Waals surface area contributed by atoms with Gasteiger partial charge in [-0.05, 0) is 17.7 Å². The molecule has 1 aromatic heterocycles. The van der Waals surface area contributed by atoms with E-state index in [0.717, 1.165) is 5.56 Å². The molecule has 0 aliphatic rings. The molecule has 2 radical (unpaired) electrons. The summed E-state index contributed by atoms with van der Waals surface area (Å²) in [6.45, 7) is 0. The minimum absolute atomic E-state index is 0.966. The summed E-state index contributed by atoms with van der Waals surface area (Å²) in [6, 6.07) is 3.75. The number of hydrogen-bond donors (Lipinski definition) is 0. The van der Waals surface area contributed by atoms with Gasteiger partial charge in [-0.2, -0.15) is 0 Å². The van der Waals surface area contributed by atoms with Gasteiger partial charge >= 0.3 is 8.05 Å². The summed E-state index contributed by atoms with van der Waals surface area (Å²) in [7, 11) is 4.77. The quantitative estimate of drug-likeness (QED) is 0.443. The molecule has 0 aromatic carbocycles. The highest BCUT2D eigenvalue weighted by atomic mass is 16.4. The predicted molar refractivity (Wildman–Crippen MR) is 40.1 cm³/mol. The van der Waals surface area contributed by atoms with E-state index in [-0.39, 0.29) is 0 Å². The molecule has 1 aromatic rings. The summed E-state index contributed by atoms with van der Waals surface area (Å²) in [5.41, 5.74) is 0.966. The first-order chi connectivity index (χ1) is 4.93. The van der Waals surface area contributed by atoms with Gasteiger partial charge < -0.3 is 4.65 Å². The first-order valence-corrected chi connectivity index (χ1v) is 2.85. The second-order valence-electron chi connectivity index (χ2n) is 1.73. The Labute approximate surface area is 61.0 Å². The molecule has 1 heterocycles. The summed E-state index contributed by atoms with van der Waals surface area (Å²) < 4.78 is 4.24. The van der Waals surface area contributed by atoms with Crippen molar-refractivity contribution in [2.24, 2.45) is 0 Å². The van der Waals surface area contributed by atoms with Crippen LogP contribution in [0.25, 0.3) is 6.08 Å². The maximum absolute atomic E-state index is 4.77. The third-order valence-corrected chi connectivity index (χ3v) is 1.02. The van der Waals surface area contributed by atoms with Gasteiger partial charge in [-0.3, -0.25) is 4.98 Å². The van der Waals surface area contributed by atoms with Crippen LogP contribution in [0.3, 0.4) is 0 Å². The molecular weight excluding hydrogens is 125 g/mol. The molecule has 0 aliphatic carbocycles. The minimum Gasteiger partial charge on any atom is -0.573 e. The average molecular weight is 131 g/mol. The smallest absolute Gasteiger partial charge is 0.373 e. The topological polar surface area (TPSA) is 22.1 Å². The molecule has 0 spiro atoms. The number of rotatable bonds is 2. The van der Waals surface area contributed by atoms with Crippen molar-refractivity contribution in [1.29, 1.82) is 0 Å². The highest BCUT2D eigenvalue weighted by Gasteiger charge is 1.80. The van der Waals surface area contributed by atoms with Crippen molar-refractivity contribution in [3.05, 3.63) is 36.4 Å². The zero-order valence-corrected chi connectivity index (χ0v) is 5.40. The Morgan fingerprint density at radius 2 is 2.50 bits per heavy atom. The largest absolute Gasteiger partial charge is 0.573 e. The molecule has 0 N–H and O–H groups in total. The van der Waals surface area contributed by atoms with Crippen LogP contribution in [0.5, 0.6) is 0 Å². The van der Waals surface area contributed by atoms with Gasteiger partial charge in [0.05, 0.1) is 6.26 Å². The number of hydrogen-bond acceptors (Lipinski definition) is 2. The maximum atomic E-state index is 4.77. The van der Waals surface area contributed by atoms with E-state index in [2.05, 4.69) is 9.64 Å². The minimum atomic E-state index is 0.966. The molecular formula is C7H6BNO. The summed E-state index contributed by atoms with van der Waals surface area (Å²) in [5, 5.41) is 0. The number of nitrogens with zero attached hydrogens (tertiary/aromatic N) is 1. The Morgan fingerprint density at radius 3 is 3.10 bits per heavy atom. The standard InChI is InChI=1S/C7H6BNO/c8-10-5-3-7-2-1-4-9-6-7/h1-6H. The molecule has 0 atom stereocenters. The van der Waals surface area contributed by atoms with Crippen molar-refractivity contribution in [2.45, 2.75) is 0 Å². The van der Waals surface area contributed by atoms with Gasteiger partial charge in [0.1, 0.15) is 0 Å². The molecule has 0 saturated heterocycles. The lowest BCUT2D eigenvalue weighted by atomic mass is 10.3. The molecule has 3 heteroatoms. The highest BCUT2D eigenvalue weighted by molar-refractivity contribution is 5.98. The van der Waals surface area contributed by atoms with Crippen LogP contribution in [0, 0.1) is 0 Å². The summed E-state index contributed by atoms with van der Waals surface area (Å²) in [6.07, 6.45) is 6.56. The van der Waals surface area contributed by atoms with Crippen LogP contribution in [0.1, 0.15) is 5.56 Å². The Hall–Kier alpha value is -1.25. The van der Waals surface area contributed by atoms with Gasteiger partial charge in [0.25, 0.3) is 0 Å². The fraction of sp³-hybridized carbons (Fsp3) is 0. The lowest BCUT2D eigenvalue weighted by molar-refractivity contribution is 0.539. The third-order valence-electron chi connectivity index (χ3n) is 1.02. The first kappa shape index (κ1) is 6.87. The maximum Gasteiger partial charge on any atom is 0.373 e. The van der Waals surface area contributed by atoms with Gasteiger partial charge in [0.2, 0.25) is 0 Å². The van der Waals surface area contributed by atoms with Gasteiger partial charge in [-0.1, -0.05) is 6.07 Å². The van der Waals surface area contributed by atoms with E-state index in [1.54, 1.807) is 18.5 Å².